The second-order valence-corrected chi connectivity index (χ2v) is 4.95. The van der Waals surface area contributed by atoms with Crippen molar-refractivity contribution in [3.8, 4) is 5.75 Å². The van der Waals surface area contributed by atoms with Crippen molar-refractivity contribution in [3.63, 3.8) is 0 Å². The number of hydrogen-bond acceptors (Lipinski definition) is 3. The predicted octanol–water partition coefficient (Wildman–Crippen LogP) is 3.58. The summed E-state index contributed by atoms with van der Waals surface area (Å²) in [5, 5.41) is 0. The third-order valence-corrected chi connectivity index (χ3v) is 3.35. The first-order valence-electron chi connectivity index (χ1n) is 7.07. The minimum atomic E-state index is -0.667. The number of halogens is 2. The molecule has 0 amide bonds. The maximum atomic E-state index is 13.7. The molecule has 0 aromatic heterocycles. The second-order valence-electron chi connectivity index (χ2n) is 4.95. The van der Waals surface area contributed by atoms with Gasteiger partial charge in [0.25, 0.3) is 0 Å². The fourth-order valence-corrected chi connectivity index (χ4v) is 2.23. The van der Waals surface area contributed by atoms with Crippen molar-refractivity contribution in [2.75, 3.05) is 13.2 Å². The first kappa shape index (κ1) is 14.5. The smallest absolute Gasteiger partial charge is 0.222 e. The van der Waals surface area contributed by atoms with E-state index in [2.05, 4.69) is 4.99 Å². The van der Waals surface area contributed by atoms with Crippen LogP contribution in [0.3, 0.4) is 0 Å². The molecule has 3 rings (SSSR count). The average molecular weight is 303 g/mol. The van der Waals surface area contributed by atoms with E-state index in [1.54, 1.807) is 0 Å². The summed E-state index contributed by atoms with van der Waals surface area (Å²) in [4.78, 5) is 4.25. The average Bonchev–Trinajstić information content (AvgIpc) is 2.97. The van der Waals surface area contributed by atoms with Crippen LogP contribution in [0.5, 0.6) is 5.75 Å². The first-order valence-corrected chi connectivity index (χ1v) is 7.07. The van der Waals surface area contributed by atoms with Gasteiger partial charge in [-0.3, -0.25) is 0 Å². The molecule has 1 aliphatic rings. The molecule has 1 aliphatic heterocycles. The monoisotopic (exact) mass is 303 g/mol. The van der Waals surface area contributed by atoms with Gasteiger partial charge in [0.2, 0.25) is 5.90 Å². The number of para-hydroxylation sites is 1. The molecule has 1 heterocycles. The Kier molecular flexibility index (Phi) is 4.32. The number of hydrogen-bond donors (Lipinski definition) is 0. The molecule has 0 aliphatic carbocycles. The summed E-state index contributed by atoms with van der Waals surface area (Å²) in [5.74, 6) is -0.522. The lowest BCUT2D eigenvalue weighted by atomic mass is 10.2. The highest BCUT2D eigenvalue weighted by molar-refractivity contribution is 5.95. The normalized spacial score (nSPS) is 17.0. The Hall–Kier alpha value is -2.43. The van der Waals surface area contributed by atoms with Gasteiger partial charge in [0, 0.05) is 6.42 Å². The Morgan fingerprint density at radius 1 is 1.05 bits per heavy atom. The van der Waals surface area contributed by atoms with E-state index in [1.165, 1.54) is 18.2 Å². The Morgan fingerprint density at radius 2 is 1.77 bits per heavy atom. The lowest BCUT2D eigenvalue weighted by Gasteiger charge is -2.07. The Balaban J connectivity index is 1.60. The molecule has 5 heteroatoms. The van der Waals surface area contributed by atoms with Crippen molar-refractivity contribution >= 4 is 5.90 Å². The molecule has 0 fully saturated rings. The molecule has 2 aromatic rings. The van der Waals surface area contributed by atoms with E-state index >= 15 is 0 Å². The fourth-order valence-electron chi connectivity index (χ4n) is 2.23. The molecule has 1 unspecified atom stereocenters. The third-order valence-electron chi connectivity index (χ3n) is 3.35. The maximum Gasteiger partial charge on any atom is 0.222 e. The highest BCUT2D eigenvalue weighted by Crippen LogP contribution is 2.20. The van der Waals surface area contributed by atoms with Gasteiger partial charge < -0.3 is 9.47 Å². The minimum absolute atomic E-state index is 0.0281. The van der Waals surface area contributed by atoms with E-state index in [0.717, 1.165) is 5.75 Å². The van der Waals surface area contributed by atoms with Gasteiger partial charge in [-0.15, -0.1) is 0 Å². The number of benzene rings is 2. The van der Waals surface area contributed by atoms with E-state index in [0.29, 0.717) is 19.6 Å². The summed E-state index contributed by atoms with van der Waals surface area (Å²) in [6, 6.07) is 13.0. The van der Waals surface area contributed by atoms with Gasteiger partial charge in [0.05, 0.1) is 12.6 Å². The van der Waals surface area contributed by atoms with Crippen LogP contribution in [0.15, 0.2) is 53.5 Å². The summed E-state index contributed by atoms with van der Waals surface area (Å²) in [5.41, 5.74) is -0.200. The largest absolute Gasteiger partial charge is 0.494 e. The minimum Gasteiger partial charge on any atom is -0.494 e. The number of aliphatic imine (C=N–C) groups is 1. The first-order chi connectivity index (χ1) is 10.7. The highest BCUT2D eigenvalue weighted by atomic mass is 19.1. The van der Waals surface area contributed by atoms with Crippen molar-refractivity contribution in [2.24, 2.45) is 4.99 Å². The third kappa shape index (κ3) is 3.24. The van der Waals surface area contributed by atoms with Crippen LogP contribution in [0, 0.1) is 11.6 Å². The molecule has 0 saturated carbocycles. The Bertz CT molecular complexity index is 653. The molecular formula is C17H15F2NO2. The number of nitrogens with zero attached hydrogens (tertiary/aromatic N) is 1. The van der Waals surface area contributed by atoms with Crippen molar-refractivity contribution in [1.82, 2.24) is 0 Å². The maximum absolute atomic E-state index is 13.7. The molecule has 0 saturated heterocycles. The van der Waals surface area contributed by atoms with Crippen molar-refractivity contribution in [3.05, 3.63) is 65.7 Å². The Morgan fingerprint density at radius 3 is 2.50 bits per heavy atom. The number of ether oxygens (including phenoxy) is 2. The van der Waals surface area contributed by atoms with Crippen molar-refractivity contribution in [1.29, 1.82) is 0 Å². The van der Waals surface area contributed by atoms with E-state index in [-0.39, 0.29) is 17.5 Å². The molecule has 0 radical (unpaired) electrons. The van der Waals surface area contributed by atoms with E-state index in [1.807, 2.05) is 30.3 Å². The highest BCUT2D eigenvalue weighted by Gasteiger charge is 2.24. The molecule has 1 atom stereocenters. The van der Waals surface area contributed by atoms with Gasteiger partial charge in [-0.2, -0.15) is 0 Å². The van der Waals surface area contributed by atoms with Crippen LogP contribution >= 0.6 is 0 Å². The van der Waals surface area contributed by atoms with Crippen LogP contribution in [0.1, 0.15) is 12.0 Å². The summed E-state index contributed by atoms with van der Waals surface area (Å²) in [6.45, 7) is 0.774. The van der Waals surface area contributed by atoms with Gasteiger partial charge in [-0.05, 0) is 24.3 Å². The SMILES string of the molecule is Fc1cccc(F)c1C1=NC(CCOc2ccccc2)CO1. The molecule has 0 N–H and O–H groups in total. The second kappa shape index (κ2) is 6.56. The molecule has 22 heavy (non-hydrogen) atoms. The van der Waals surface area contributed by atoms with Gasteiger partial charge in [0.15, 0.2) is 0 Å². The molecular weight excluding hydrogens is 288 g/mol. The summed E-state index contributed by atoms with van der Waals surface area (Å²) in [7, 11) is 0. The predicted molar refractivity (Wildman–Crippen MR) is 79.2 cm³/mol. The molecule has 114 valence electrons. The van der Waals surface area contributed by atoms with Gasteiger partial charge in [0.1, 0.15) is 29.6 Å². The van der Waals surface area contributed by atoms with Crippen molar-refractivity contribution < 1.29 is 18.3 Å². The molecule has 0 bridgehead atoms. The zero-order valence-electron chi connectivity index (χ0n) is 11.8. The quantitative estimate of drug-likeness (QED) is 0.845. The van der Waals surface area contributed by atoms with Crippen LogP contribution in [0.4, 0.5) is 8.78 Å². The molecule has 0 spiro atoms. The lowest BCUT2D eigenvalue weighted by Crippen LogP contribution is -2.11. The van der Waals surface area contributed by atoms with Gasteiger partial charge in [-0.25, -0.2) is 13.8 Å². The summed E-state index contributed by atoms with van der Waals surface area (Å²) in [6.07, 6.45) is 0.620. The molecule has 2 aromatic carbocycles. The number of rotatable bonds is 5. The molecule has 3 nitrogen and oxygen atoms in total. The zero-order chi connectivity index (χ0) is 15.4. The summed E-state index contributed by atoms with van der Waals surface area (Å²) >= 11 is 0. The van der Waals surface area contributed by atoms with Crippen LogP contribution in [0.2, 0.25) is 0 Å². The summed E-state index contributed by atoms with van der Waals surface area (Å²) < 4.78 is 38.3. The topological polar surface area (TPSA) is 30.8 Å². The fraction of sp³-hybridized carbons (Fsp3) is 0.235. The van der Waals surface area contributed by atoms with Crippen LogP contribution in [-0.4, -0.2) is 25.2 Å². The Labute approximate surface area is 127 Å². The van der Waals surface area contributed by atoms with Crippen LogP contribution in [0.25, 0.3) is 0 Å². The van der Waals surface area contributed by atoms with Gasteiger partial charge >= 0.3 is 0 Å². The van der Waals surface area contributed by atoms with Crippen molar-refractivity contribution in [2.45, 2.75) is 12.5 Å². The lowest BCUT2D eigenvalue weighted by molar-refractivity contribution is 0.264. The standard InChI is InChI=1S/C17H15F2NO2/c18-14-7-4-8-15(19)16(14)17-20-12(11-22-17)9-10-21-13-5-2-1-3-6-13/h1-8,12H,9-11H2. The zero-order valence-corrected chi connectivity index (χ0v) is 11.8. The van der Waals surface area contributed by atoms with Crippen LogP contribution in [-0.2, 0) is 4.74 Å². The van der Waals surface area contributed by atoms with Gasteiger partial charge in [-0.1, -0.05) is 24.3 Å². The van der Waals surface area contributed by atoms with E-state index < -0.39 is 11.6 Å². The van der Waals surface area contributed by atoms with E-state index in [9.17, 15) is 8.78 Å². The van der Waals surface area contributed by atoms with E-state index in [4.69, 9.17) is 9.47 Å². The van der Waals surface area contributed by atoms with Crippen LogP contribution < -0.4 is 4.74 Å².